The summed E-state index contributed by atoms with van der Waals surface area (Å²) in [7, 11) is 0. The Morgan fingerprint density at radius 2 is 2.11 bits per heavy atom. The second-order valence-corrected chi connectivity index (χ2v) is 3.96. The SMILES string of the molecule is O=C(O)CC(NC(=O)CC1CNCCO1)C(=O)O. The number of hydrogen-bond donors (Lipinski definition) is 4. The lowest BCUT2D eigenvalue weighted by atomic mass is 10.1. The van der Waals surface area contributed by atoms with E-state index >= 15 is 0 Å². The predicted octanol–water partition coefficient (Wildman–Crippen LogP) is -1.59. The summed E-state index contributed by atoms with van der Waals surface area (Å²) in [5, 5.41) is 22.5. The summed E-state index contributed by atoms with van der Waals surface area (Å²) in [5.74, 6) is -3.18. The average molecular weight is 260 g/mol. The first kappa shape index (κ1) is 14.4. The van der Waals surface area contributed by atoms with Gasteiger partial charge in [0.2, 0.25) is 5.91 Å². The molecule has 0 bridgehead atoms. The third kappa shape index (κ3) is 5.11. The molecule has 1 aliphatic heterocycles. The zero-order valence-corrected chi connectivity index (χ0v) is 9.72. The van der Waals surface area contributed by atoms with Gasteiger partial charge in [-0.05, 0) is 0 Å². The van der Waals surface area contributed by atoms with E-state index < -0.39 is 30.3 Å². The number of carboxylic acid groups (broad SMARTS) is 2. The van der Waals surface area contributed by atoms with Crippen molar-refractivity contribution in [2.75, 3.05) is 19.7 Å². The van der Waals surface area contributed by atoms with Crippen molar-refractivity contribution in [1.82, 2.24) is 10.6 Å². The third-order valence-electron chi connectivity index (χ3n) is 2.43. The minimum absolute atomic E-state index is 0.0103. The summed E-state index contributed by atoms with van der Waals surface area (Å²) in [6, 6.07) is -1.41. The summed E-state index contributed by atoms with van der Waals surface area (Å²) >= 11 is 0. The van der Waals surface area contributed by atoms with Gasteiger partial charge in [-0.15, -0.1) is 0 Å². The highest BCUT2D eigenvalue weighted by molar-refractivity contribution is 5.86. The largest absolute Gasteiger partial charge is 0.481 e. The second-order valence-electron chi connectivity index (χ2n) is 3.96. The van der Waals surface area contributed by atoms with Crippen molar-refractivity contribution in [3.63, 3.8) is 0 Å². The Labute approximate surface area is 103 Å². The third-order valence-corrected chi connectivity index (χ3v) is 2.43. The number of nitrogens with one attached hydrogen (secondary N) is 2. The van der Waals surface area contributed by atoms with Crippen molar-refractivity contribution in [2.24, 2.45) is 0 Å². The molecule has 8 nitrogen and oxygen atoms in total. The second kappa shape index (κ2) is 6.92. The van der Waals surface area contributed by atoms with Crippen molar-refractivity contribution in [2.45, 2.75) is 25.0 Å². The lowest BCUT2D eigenvalue weighted by Crippen LogP contribution is -2.46. The zero-order chi connectivity index (χ0) is 13.5. The standard InChI is InChI=1S/C10H16N2O6/c13-8(3-6-5-11-1-2-18-6)12-7(10(16)17)4-9(14)15/h6-7,11H,1-5H2,(H,12,13)(H,14,15)(H,16,17). The minimum Gasteiger partial charge on any atom is -0.481 e. The number of amides is 1. The average Bonchev–Trinajstić information content (AvgIpc) is 2.28. The maximum atomic E-state index is 11.5. The summed E-state index contributed by atoms with van der Waals surface area (Å²) in [6.07, 6.45) is -0.945. The Morgan fingerprint density at radius 3 is 2.61 bits per heavy atom. The molecular formula is C10H16N2O6. The molecule has 0 radical (unpaired) electrons. The van der Waals surface area contributed by atoms with E-state index in [1.165, 1.54) is 0 Å². The molecule has 0 aliphatic carbocycles. The van der Waals surface area contributed by atoms with Crippen LogP contribution in [0.2, 0.25) is 0 Å². The van der Waals surface area contributed by atoms with E-state index in [2.05, 4.69) is 10.6 Å². The first-order chi connectivity index (χ1) is 8.49. The fraction of sp³-hybridized carbons (Fsp3) is 0.700. The van der Waals surface area contributed by atoms with Gasteiger partial charge < -0.3 is 25.6 Å². The van der Waals surface area contributed by atoms with E-state index in [1.54, 1.807) is 0 Å². The van der Waals surface area contributed by atoms with Crippen molar-refractivity contribution in [3.05, 3.63) is 0 Å². The maximum absolute atomic E-state index is 11.5. The van der Waals surface area contributed by atoms with Crippen LogP contribution in [-0.4, -0.2) is 59.9 Å². The minimum atomic E-state index is -1.41. The fourth-order valence-electron chi connectivity index (χ4n) is 1.59. The van der Waals surface area contributed by atoms with E-state index in [0.717, 1.165) is 6.54 Å². The van der Waals surface area contributed by atoms with Crippen molar-refractivity contribution >= 4 is 17.8 Å². The molecule has 0 aromatic rings. The summed E-state index contributed by atoms with van der Waals surface area (Å²) in [5.41, 5.74) is 0. The van der Waals surface area contributed by atoms with E-state index in [9.17, 15) is 14.4 Å². The van der Waals surface area contributed by atoms with Crippen LogP contribution in [0.4, 0.5) is 0 Å². The summed E-state index contributed by atoms with van der Waals surface area (Å²) in [6.45, 7) is 1.73. The molecule has 1 heterocycles. The molecule has 4 N–H and O–H groups in total. The molecule has 1 fully saturated rings. The zero-order valence-electron chi connectivity index (χ0n) is 9.72. The molecule has 18 heavy (non-hydrogen) atoms. The van der Waals surface area contributed by atoms with Crippen molar-refractivity contribution in [3.8, 4) is 0 Å². The maximum Gasteiger partial charge on any atom is 0.326 e. The lowest BCUT2D eigenvalue weighted by Gasteiger charge is -2.23. The smallest absolute Gasteiger partial charge is 0.326 e. The molecule has 1 saturated heterocycles. The van der Waals surface area contributed by atoms with E-state index in [-0.39, 0.29) is 12.5 Å². The molecule has 0 saturated carbocycles. The van der Waals surface area contributed by atoms with Crippen LogP contribution >= 0.6 is 0 Å². The molecule has 2 unspecified atom stereocenters. The molecule has 0 spiro atoms. The lowest BCUT2D eigenvalue weighted by molar-refractivity contribution is -0.147. The number of carbonyl (C=O) groups excluding carboxylic acids is 1. The van der Waals surface area contributed by atoms with E-state index in [4.69, 9.17) is 14.9 Å². The number of hydrogen-bond acceptors (Lipinski definition) is 5. The van der Waals surface area contributed by atoms with E-state index in [0.29, 0.717) is 13.2 Å². The number of ether oxygens (including phenoxy) is 1. The normalized spacial score (nSPS) is 21.0. The molecule has 0 aromatic heterocycles. The molecule has 0 aromatic carbocycles. The van der Waals surface area contributed by atoms with Gasteiger partial charge in [-0.25, -0.2) is 4.79 Å². The quantitative estimate of drug-likeness (QED) is 0.453. The van der Waals surface area contributed by atoms with Gasteiger partial charge in [0.1, 0.15) is 6.04 Å². The van der Waals surface area contributed by atoms with Crippen molar-refractivity contribution < 1.29 is 29.3 Å². The topological polar surface area (TPSA) is 125 Å². The molecule has 8 heteroatoms. The molecule has 1 aliphatic rings. The van der Waals surface area contributed by atoms with Crippen LogP contribution in [0.25, 0.3) is 0 Å². The Morgan fingerprint density at radius 1 is 1.39 bits per heavy atom. The van der Waals surface area contributed by atoms with E-state index in [1.807, 2.05) is 0 Å². The van der Waals surface area contributed by atoms with Crippen LogP contribution in [0, 0.1) is 0 Å². The van der Waals surface area contributed by atoms with Crippen LogP contribution in [0.15, 0.2) is 0 Å². The number of carbonyl (C=O) groups is 3. The van der Waals surface area contributed by atoms with Gasteiger partial charge in [-0.3, -0.25) is 9.59 Å². The Bertz CT molecular complexity index is 326. The van der Waals surface area contributed by atoms with Gasteiger partial charge in [0.15, 0.2) is 0 Å². The summed E-state index contributed by atoms with van der Waals surface area (Å²) in [4.78, 5) is 32.7. The monoisotopic (exact) mass is 260 g/mol. The first-order valence-electron chi connectivity index (χ1n) is 5.55. The number of rotatable bonds is 6. The molecule has 1 rings (SSSR count). The predicted molar refractivity (Wildman–Crippen MR) is 59.0 cm³/mol. The van der Waals surface area contributed by atoms with Crippen LogP contribution in [0.5, 0.6) is 0 Å². The van der Waals surface area contributed by atoms with Gasteiger partial charge in [-0.2, -0.15) is 0 Å². The van der Waals surface area contributed by atoms with Gasteiger partial charge in [0.05, 0.1) is 25.6 Å². The highest BCUT2D eigenvalue weighted by atomic mass is 16.5. The highest BCUT2D eigenvalue weighted by Crippen LogP contribution is 2.02. The molecule has 1 amide bonds. The Hall–Kier alpha value is -1.67. The summed E-state index contributed by atoms with van der Waals surface area (Å²) < 4.78 is 5.28. The van der Waals surface area contributed by atoms with Gasteiger partial charge in [0, 0.05) is 13.1 Å². The van der Waals surface area contributed by atoms with Crippen LogP contribution in [0.3, 0.4) is 0 Å². The Balaban J connectivity index is 2.40. The van der Waals surface area contributed by atoms with Gasteiger partial charge in [-0.1, -0.05) is 0 Å². The van der Waals surface area contributed by atoms with Gasteiger partial charge in [0.25, 0.3) is 0 Å². The number of carboxylic acids is 2. The fourth-order valence-corrected chi connectivity index (χ4v) is 1.59. The molecule has 2 atom stereocenters. The number of morpholine rings is 1. The van der Waals surface area contributed by atoms with Crippen LogP contribution < -0.4 is 10.6 Å². The molecule has 102 valence electrons. The van der Waals surface area contributed by atoms with Crippen LogP contribution in [-0.2, 0) is 19.1 Å². The number of aliphatic carboxylic acids is 2. The van der Waals surface area contributed by atoms with Crippen LogP contribution in [0.1, 0.15) is 12.8 Å². The Kier molecular flexibility index (Phi) is 5.53. The first-order valence-corrected chi connectivity index (χ1v) is 5.55. The molecular weight excluding hydrogens is 244 g/mol. The van der Waals surface area contributed by atoms with Crippen molar-refractivity contribution in [1.29, 1.82) is 0 Å². The van der Waals surface area contributed by atoms with Gasteiger partial charge >= 0.3 is 11.9 Å². The highest BCUT2D eigenvalue weighted by Gasteiger charge is 2.25.